The van der Waals surface area contributed by atoms with Gasteiger partial charge in [0.1, 0.15) is 12.1 Å². The van der Waals surface area contributed by atoms with E-state index in [1.54, 1.807) is 13.8 Å². The number of esters is 2. The fourth-order valence-electron chi connectivity index (χ4n) is 1.20. The van der Waals surface area contributed by atoms with E-state index in [1.807, 2.05) is 0 Å². The highest BCUT2D eigenvalue weighted by molar-refractivity contribution is 7.53. The molecule has 19 heavy (non-hydrogen) atoms. The van der Waals surface area contributed by atoms with E-state index >= 15 is 0 Å². The summed E-state index contributed by atoms with van der Waals surface area (Å²) in [6.07, 6.45) is 0. The summed E-state index contributed by atoms with van der Waals surface area (Å²) < 4.78 is 21.1. The number of hydrogen-bond donors (Lipinski definition) is 3. The van der Waals surface area contributed by atoms with Crippen LogP contribution in [-0.2, 0) is 23.6 Å². The molecule has 0 aromatic heterocycles. The summed E-state index contributed by atoms with van der Waals surface area (Å²) in [5.74, 6) is -1.30. The average Bonchev–Trinajstić information content (AvgIpc) is 2.28. The van der Waals surface area contributed by atoms with Crippen LogP contribution in [0.4, 0.5) is 0 Å². The van der Waals surface area contributed by atoms with Gasteiger partial charge in [-0.15, -0.1) is 0 Å². The zero-order valence-electron chi connectivity index (χ0n) is 11.5. The molecule has 2 atom stereocenters. The molecule has 9 heteroatoms. The van der Waals surface area contributed by atoms with Gasteiger partial charge in [-0.2, -0.15) is 0 Å². The van der Waals surface area contributed by atoms with E-state index in [-0.39, 0.29) is 13.2 Å². The summed E-state index contributed by atoms with van der Waals surface area (Å²) in [4.78, 5) is 32.2. The maximum absolute atomic E-state index is 11.8. The third-order valence-corrected chi connectivity index (χ3v) is 3.49. The number of carbonyl (C=O) groups excluding carboxylic acids is 2. The molecule has 0 saturated heterocycles. The van der Waals surface area contributed by atoms with Crippen molar-refractivity contribution in [2.75, 3.05) is 13.2 Å². The van der Waals surface area contributed by atoms with Crippen LogP contribution in [-0.4, -0.2) is 42.1 Å². The Bertz CT molecular complexity index is 332. The van der Waals surface area contributed by atoms with E-state index in [4.69, 9.17) is 0 Å². The lowest BCUT2D eigenvalue weighted by molar-refractivity contribution is -0.145. The average molecular weight is 296 g/mol. The van der Waals surface area contributed by atoms with Crippen LogP contribution >= 0.6 is 7.67 Å². The molecule has 0 saturated carbocycles. The highest BCUT2D eigenvalue weighted by atomic mass is 31.2. The predicted octanol–water partition coefficient (Wildman–Crippen LogP) is 0.169. The highest BCUT2D eigenvalue weighted by Crippen LogP contribution is 2.31. The molecule has 0 aromatic carbocycles. The van der Waals surface area contributed by atoms with Crippen molar-refractivity contribution in [2.24, 2.45) is 0 Å². The molecule has 3 N–H and O–H groups in total. The summed E-state index contributed by atoms with van der Waals surface area (Å²) >= 11 is 0. The van der Waals surface area contributed by atoms with Gasteiger partial charge in [0.25, 0.3) is 0 Å². The molecule has 8 nitrogen and oxygen atoms in total. The van der Waals surface area contributed by atoms with Crippen LogP contribution in [0.2, 0.25) is 0 Å². The summed E-state index contributed by atoms with van der Waals surface area (Å²) in [5.41, 5.74) is 0. The third kappa shape index (κ3) is 7.27. The zero-order chi connectivity index (χ0) is 15.1. The Labute approximate surface area is 112 Å². The summed E-state index contributed by atoms with van der Waals surface area (Å²) in [6.45, 7) is 6.38. The van der Waals surface area contributed by atoms with Gasteiger partial charge < -0.3 is 14.4 Å². The number of rotatable bonds is 8. The van der Waals surface area contributed by atoms with E-state index in [0.29, 0.717) is 0 Å². The van der Waals surface area contributed by atoms with Crippen molar-refractivity contribution in [1.29, 1.82) is 0 Å². The van der Waals surface area contributed by atoms with Crippen molar-refractivity contribution < 1.29 is 28.5 Å². The van der Waals surface area contributed by atoms with Crippen molar-refractivity contribution in [3.8, 4) is 0 Å². The normalized spacial score (nSPS) is 14.6. The molecule has 0 unspecified atom stereocenters. The van der Waals surface area contributed by atoms with Crippen molar-refractivity contribution in [1.82, 2.24) is 10.2 Å². The summed E-state index contributed by atoms with van der Waals surface area (Å²) in [7, 11) is -4.06. The lowest BCUT2D eigenvalue weighted by Gasteiger charge is -2.21. The molecule has 112 valence electrons. The quantitative estimate of drug-likeness (QED) is 0.429. The van der Waals surface area contributed by atoms with E-state index in [9.17, 15) is 19.0 Å². The molecule has 0 radical (unpaired) electrons. The van der Waals surface area contributed by atoms with Crippen LogP contribution in [0, 0.1) is 0 Å². The Morgan fingerprint density at radius 1 is 1.05 bits per heavy atom. The number of hydrogen-bond acceptors (Lipinski definition) is 5. The van der Waals surface area contributed by atoms with Gasteiger partial charge in [0.15, 0.2) is 0 Å². The van der Waals surface area contributed by atoms with Gasteiger partial charge in [-0.05, 0) is 27.7 Å². The second kappa shape index (κ2) is 8.27. The lowest BCUT2D eigenvalue weighted by atomic mass is 10.4. The third-order valence-electron chi connectivity index (χ3n) is 2.02. The largest absolute Gasteiger partial charge is 0.465 e. The molecule has 0 rings (SSSR count). The number of nitrogens with one attached hydrogen (secondary N) is 2. The smallest absolute Gasteiger partial charge is 0.339 e. The first-order valence-corrected chi connectivity index (χ1v) is 7.61. The predicted molar refractivity (Wildman–Crippen MR) is 68.3 cm³/mol. The molecule has 0 aromatic rings. The number of ether oxygens (including phenoxy) is 2. The van der Waals surface area contributed by atoms with E-state index < -0.39 is 31.7 Å². The number of carbonyl (C=O) groups is 2. The summed E-state index contributed by atoms with van der Waals surface area (Å²) in [6, 6.07) is -1.95. The molecule has 0 spiro atoms. The van der Waals surface area contributed by atoms with E-state index in [1.165, 1.54) is 13.8 Å². The Kier molecular flexibility index (Phi) is 7.85. The van der Waals surface area contributed by atoms with Crippen LogP contribution in [0.3, 0.4) is 0 Å². The highest BCUT2D eigenvalue weighted by Gasteiger charge is 2.29. The van der Waals surface area contributed by atoms with Gasteiger partial charge in [-0.3, -0.25) is 14.2 Å². The second-order valence-corrected chi connectivity index (χ2v) is 5.45. The molecule has 0 amide bonds. The minimum atomic E-state index is -4.06. The Morgan fingerprint density at radius 2 is 1.37 bits per heavy atom. The SMILES string of the molecule is CCOC(=O)[C@H](C)NP(=O)(O)N[C@@H](C)C(=O)OCC. The minimum Gasteiger partial charge on any atom is -0.465 e. The van der Waals surface area contributed by atoms with Crippen LogP contribution < -0.4 is 10.2 Å². The topological polar surface area (TPSA) is 114 Å². The van der Waals surface area contributed by atoms with Gasteiger partial charge in [0, 0.05) is 0 Å². The Balaban J connectivity index is 4.43. The first-order valence-electron chi connectivity index (χ1n) is 5.95. The van der Waals surface area contributed by atoms with Gasteiger partial charge in [-0.25, -0.2) is 10.2 Å². The molecule has 0 fully saturated rings. The minimum absolute atomic E-state index is 0.174. The lowest BCUT2D eigenvalue weighted by Crippen LogP contribution is -2.41. The maximum atomic E-state index is 11.8. The summed E-state index contributed by atoms with van der Waals surface area (Å²) in [5, 5.41) is 4.37. The van der Waals surface area contributed by atoms with E-state index in [0.717, 1.165) is 0 Å². The van der Waals surface area contributed by atoms with Crippen molar-refractivity contribution in [3.63, 3.8) is 0 Å². The molecule has 0 heterocycles. The van der Waals surface area contributed by atoms with Crippen LogP contribution in [0.15, 0.2) is 0 Å². The van der Waals surface area contributed by atoms with Crippen molar-refractivity contribution in [3.05, 3.63) is 0 Å². The molecule has 0 aliphatic heterocycles. The Morgan fingerprint density at radius 3 is 1.63 bits per heavy atom. The molecular weight excluding hydrogens is 275 g/mol. The van der Waals surface area contributed by atoms with Crippen molar-refractivity contribution >= 4 is 19.6 Å². The fourth-order valence-corrected chi connectivity index (χ4v) is 2.54. The first-order chi connectivity index (χ1) is 8.73. The van der Waals surface area contributed by atoms with Crippen LogP contribution in [0.1, 0.15) is 27.7 Å². The van der Waals surface area contributed by atoms with Gasteiger partial charge in [-0.1, -0.05) is 0 Å². The van der Waals surface area contributed by atoms with E-state index in [2.05, 4.69) is 19.6 Å². The second-order valence-electron chi connectivity index (χ2n) is 3.78. The van der Waals surface area contributed by atoms with Crippen molar-refractivity contribution in [2.45, 2.75) is 39.8 Å². The van der Waals surface area contributed by atoms with Gasteiger partial charge >= 0.3 is 19.6 Å². The van der Waals surface area contributed by atoms with Crippen LogP contribution in [0.25, 0.3) is 0 Å². The fraction of sp³-hybridized carbons (Fsp3) is 0.800. The van der Waals surface area contributed by atoms with Gasteiger partial charge in [0.2, 0.25) is 0 Å². The molecular formula is C10H21N2O6P. The first kappa shape index (κ1) is 18.0. The maximum Gasteiger partial charge on any atom is 0.339 e. The van der Waals surface area contributed by atoms with Crippen LogP contribution in [0.5, 0.6) is 0 Å². The molecule has 0 aliphatic rings. The van der Waals surface area contributed by atoms with Gasteiger partial charge in [0.05, 0.1) is 13.2 Å². The molecule has 0 aliphatic carbocycles. The standard InChI is InChI=1S/C10H21N2O6P/c1-5-17-9(13)7(3)11-19(15,16)12-8(4)10(14)18-6-2/h7-8H,5-6H2,1-4H3,(H3,11,12,15,16)/t7-,8-/m0/s1. The zero-order valence-corrected chi connectivity index (χ0v) is 12.4. The Hall–Kier alpha value is -0.950. The monoisotopic (exact) mass is 296 g/mol. The molecule has 0 bridgehead atoms.